The van der Waals surface area contributed by atoms with Gasteiger partial charge in [0.05, 0.1) is 18.4 Å². The Hall–Kier alpha value is -3.01. The molecule has 0 radical (unpaired) electrons. The number of alkyl halides is 3. The second-order valence-corrected chi connectivity index (χ2v) is 9.56. The highest BCUT2D eigenvalue weighted by Crippen LogP contribution is 2.41. The molecule has 0 spiro atoms. The van der Waals surface area contributed by atoms with Crippen LogP contribution in [0.5, 0.6) is 0 Å². The van der Waals surface area contributed by atoms with Gasteiger partial charge < -0.3 is 10.2 Å². The smallest absolute Gasteiger partial charge is 0.345 e. The molecule has 6 nitrogen and oxygen atoms in total. The minimum atomic E-state index is -4.27. The van der Waals surface area contributed by atoms with Crippen molar-refractivity contribution in [1.82, 2.24) is 14.9 Å². The Morgan fingerprint density at radius 3 is 2.97 bits per heavy atom. The molecule has 10 heteroatoms. The van der Waals surface area contributed by atoms with Gasteiger partial charge in [-0.1, -0.05) is 6.07 Å². The maximum atomic E-state index is 12.8. The molecule has 0 bridgehead atoms. The Labute approximate surface area is 192 Å². The third kappa shape index (κ3) is 4.44. The molecule has 2 aliphatic rings. The number of fused-ring (bicyclic) bond motifs is 4. The van der Waals surface area contributed by atoms with Gasteiger partial charge in [-0.3, -0.25) is 9.79 Å². The van der Waals surface area contributed by atoms with Crippen molar-refractivity contribution in [2.75, 3.05) is 18.9 Å². The van der Waals surface area contributed by atoms with Gasteiger partial charge in [0, 0.05) is 36.3 Å². The SMILES string of the molecule is CN(CCC(F)(F)F)C(=O)[C@H]1CCc2c(sc3ncnc(Nc4ccc5c(c4)C=NC5)c23)C1. The topological polar surface area (TPSA) is 70.5 Å². The van der Waals surface area contributed by atoms with E-state index >= 15 is 0 Å². The van der Waals surface area contributed by atoms with Crippen LogP contribution in [0.2, 0.25) is 0 Å². The molecule has 3 aromatic rings. The van der Waals surface area contributed by atoms with E-state index < -0.39 is 12.6 Å². The third-order valence-electron chi connectivity index (χ3n) is 6.20. The first kappa shape index (κ1) is 21.8. The van der Waals surface area contributed by atoms with E-state index in [-0.39, 0.29) is 18.4 Å². The van der Waals surface area contributed by atoms with Gasteiger partial charge in [-0.25, -0.2) is 9.97 Å². The van der Waals surface area contributed by atoms with Gasteiger partial charge in [0.15, 0.2) is 0 Å². The van der Waals surface area contributed by atoms with Gasteiger partial charge in [-0.2, -0.15) is 13.2 Å². The van der Waals surface area contributed by atoms with Crippen LogP contribution in [0.15, 0.2) is 29.5 Å². The summed E-state index contributed by atoms with van der Waals surface area (Å²) in [6.45, 7) is 0.389. The van der Waals surface area contributed by atoms with Crippen LogP contribution in [0.3, 0.4) is 0 Å². The third-order valence-corrected chi connectivity index (χ3v) is 7.36. The van der Waals surface area contributed by atoms with Gasteiger partial charge in [0.1, 0.15) is 17.0 Å². The van der Waals surface area contributed by atoms with E-state index in [0.29, 0.717) is 25.8 Å². The maximum Gasteiger partial charge on any atom is 0.390 e. The van der Waals surface area contributed by atoms with Gasteiger partial charge in [-0.15, -0.1) is 11.3 Å². The fraction of sp³-hybridized carbons (Fsp3) is 0.391. The number of carbonyl (C=O) groups excluding carboxylic acids is 1. The van der Waals surface area contributed by atoms with Crippen molar-refractivity contribution in [3.05, 3.63) is 46.1 Å². The van der Waals surface area contributed by atoms with E-state index in [1.54, 1.807) is 0 Å². The molecule has 2 aromatic heterocycles. The van der Waals surface area contributed by atoms with E-state index in [1.165, 1.54) is 35.2 Å². The molecule has 5 rings (SSSR count). The zero-order valence-electron chi connectivity index (χ0n) is 17.9. The van der Waals surface area contributed by atoms with Crippen LogP contribution in [0.4, 0.5) is 24.7 Å². The van der Waals surface area contributed by atoms with Gasteiger partial charge in [0.25, 0.3) is 0 Å². The van der Waals surface area contributed by atoms with Crippen LogP contribution in [0.1, 0.15) is 34.4 Å². The van der Waals surface area contributed by atoms with Crippen molar-refractivity contribution in [3.8, 4) is 0 Å². The Balaban J connectivity index is 1.36. The summed E-state index contributed by atoms with van der Waals surface area (Å²) in [5, 5.41) is 4.37. The highest BCUT2D eigenvalue weighted by molar-refractivity contribution is 7.19. The molecule has 0 saturated heterocycles. The fourth-order valence-corrected chi connectivity index (χ4v) is 5.72. The van der Waals surface area contributed by atoms with Crippen molar-refractivity contribution in [2.24, 2.45) is 10.9 Å². The molecule has 0 saturated carbocycles. The lowest BCUT2D eigenvalue weighted by molar-refractivity contribution is -0.146. The average molecular weight is 474 g/mol. The summed E-state index contributed by atoms with van der Waals surface area (Å²) >= 11 is 1.53. The number of nitrogens with zero attached hydrogens (tertiary/aromatic N) is 4. The molecular weight excluding hydrogens is 451 g/mol. The van der Waals surface area contributed by atoms with Crippen molar-refractivity contribution in [1.29, 1.82) is 0 Å². The largest absolute Gasteiger partial charge is 0.390 e. The van der Waals surface area contributed by atoms with E-state index in [4.69, 9.17) is 0 Å². The normalized spacial score (nSPS) is 17.2. The Bertz CT molecular complexity index is 1250. The number of rotatable bonds is 5. The monoisotopic (exact) mass is 473 g/mol. The Kier molecular flexibility index (Phi) is 5.55. The number of hydrogen-bond donors (Lipinski definition) is 1. The van der Waals surface area contributed by atoms with Crippen LogP contribution in [0, 0.1) is 5.92 Å². The minimum absolute atomic E-state index is 0.230. The number of benzene rings is 1. The molecule has 1 aromatic carbocycles. The molecule has 1 aliphatic carbocycles. The standard InChI is InChI=1S/C23H22F3N5OS/c1-31(7-6-23(24,25)26)22(32)13-3-5-17-18(9-13)33-21-19(17)20(28-12-29-21)30-16-4-2-14-10-27-11-15(14)8-16/h2,4,8,11-13H,3,5-7,9-10H2,1H3,(H,28,29,30)/t13-/m0/s1. The van der Waals surface area contributed by atoms with E-state index in [9.17, 15) is 18.0 Å². The summed E-state index contributed by atoms with van der Waals surface area (Å²) in [6.07, 6.45) is -0.0984. The minimum Gasteiger partial charge on any atom is -0.345 e. The number of anilines is 2. The Morgan fingerprint density at radius 1 is 1.30 bits per heavy atom. The summed E-state index contributed by atoms with van der Waals surface area (Å²) in [5.41, 5.74) is 4.32. The van der Waals surface area contributed by atoms with Crippen LogP contribution >= 0.6 is 11.3 Å². The molecule has 33 heavy (non-hydrogen) atoms. The second kappa shape index (κ2) is 8.40. The average Bonchev–Trinajstić information content (AvgIpc) is 3.40. The molecule has 1 amide bonds. The highest BCUT2D eigenvalue weighted by Gasteiger charge is 2.33. The lowest BCUT2D eigenvalue weighted by Crippen LogP contribution is -2.37. The van der Waals surface area contributed by atoms with E-state index in [2.05, 4.69) is 26.3 Å². The number of nitrogens with one attached hydrogen (secondary N) is 1. The molecule has 0 unspecified atom stereocenters. The number of aromatic nitrogens is 2. The van der Waals surface area contributed by atoms with Crippen molar-refractivity contribution in [3.63, 3.8) is 0 Å². The molecule has 1 N–H and O–H groups in total. The first-order valence-electron chi connectivity index (χ1n) is 10.8. The predicted octanol–water partition coefficient (Wildman–Crippen LogP) is 4.88. The number of thiophene rings is 1. The van der Waals surface area contributed by atoms with Gasteiger partial charge in [-0.05, 0) is 48.1 Å². The quantitative estimate of drug-likeness (QED) is 0.573. The zero-order valence-corrected chi connectivity index (χ0v) is 18.8. The zero-order chi connectivity index (χ0) is 23.2. The molecular formula is C23H22F3N5OS. The summed E-state index contributed by atoms with van der Waals surface area (Å²) in [5.74, 6) is 0.176. The van der Waals surface area contributed by atoms with Crippen LogP contribution < -0.4 is 5.32 Å². The fourth-order valence-electron chi connectivity index (χ4n) is 4.45. The molecule has 3 heterocycles. The number of halogens is 3. The summed E-state index contributed by atoms with van der Waals surface area (Å²) in [4.78, 5) is 29.1. The van der Waals surface area contributed by atoms with Crippen LogP contribution in [-0.2, 0) is 24.2 Å². The predicted molar refractivity (Wildman–Crippen MR) is 122 cm³/mol. The maximum absolute atomic E-state index is 12.8. The molecule has 0 fully saturated rings. The number of hydrogen-bond acceptors (Lipinski definition) is 6. The van der Waals surface area contributed by atoms with Gasteiger partial charge >= 0.3 is 6.18 Å². The van der Waals surface area contributed by atoms with Crippen molar-refractivity contribution >= 4 is 45.2 Å². The number of amides is 1. The number of carbonyl (C=O) groups is 1. The first-order valence-corrected chi connectivity index (χ1v) is 11.6. The van der Waals surface area contributed by atoms with Crippen LogP contribution in [-0.4, -0.2) is 46.8 Å². The summed E-state index contributed by atoms with van der Waals surface area (Å²) in [6, 6.07) is 6.10. The number of aliphatic imine (C=N–C) groups is 1. The lowest BCUT2D eigenvalue weighted by atomic mass is 9.87. The molecule has 172 valence electrons. The summed E-state index contributed by atoms with van der Waals surface area (Å²) in [7, 11) is 1.45. The Morgan fingerprint density at radius 2 is 2.15 bits per heavy atom. The van der Waals surface area contributed by atoms with Crippen LogP contribution in [0.25, 0.3) is 10.2 Å². The van der Waals surface area contributed by atoms with Crippen molar-refractivity contribution in [2.45, 2.75) is 38.4 Å². The number of aryl methyl sites for hydroxylation is 1. The lowest BCUT2D eigenvalue weighted by Gasteiger charge is -2.27. The molecule has 1 aliphatic heterocycles. The van der Waals surface area contributed by atoms with Gasteiger partial charge in [0.2, 0.25) is 5.91 Å². The van der Waals surface area contributed by atoms with E-state index in [1.807, 2.05) is 18.3 Å². The van der Waals surface area contributed by atoms with Crippen molar-refractivity contribution < 1.29 is 18.0 Å². The first-order chi connectivity index (χ1) is 15.8. The molecule has 1 atom stereocenters. The van der Waals surface area contributed by atoms with E-state index in [0.717, 1.165) is 37.7 Å². The highest BCUT2D eigenvalue weighted by atomic mass is 32.1. The summed E-state index contributed by atoms with van der Waals surface area (Å²) < 4.78 is 37.6. The second-order valence-electron chi connectivity index (χ2n) is 8.48.